The van der Waals surface area contributed by atoms with E-state index in [2.05, 4.69) is 16.3 Å². The van der Waals surface area contributed by atoms with Crippen LogP contribution in [0.4, 0.5) is 0 Å². The lowest BCUT2D eigenvalue weighted by Gasteiger charge is -2.30. The van der Waals surface area contributed by atoms with Crippen molar-refractivity contribution in [2.75, 3.05) is 39.3 Å². The minimum atomic E-state index is -0.284. The zero-order valence-electron chi connectivity index (χ0n) is 12.3. The van der Waals surface area contributed by atoms with Crippen molar-refractivity contribution in [2.45, 2.75) is 32.3 Å². The Morgan fingerprint density at radius 1 is 1.45 bits per heavy atom. The molecule has 0 saturated carbocycles. The first-order valence-corrected chi connectivity index (χ1v) is 7.67. The van der Waals surface area contributed by atoms with Gasteiger partial charge < -0.3 is 15.2 Å². The fraction of sp³-hybridized carbons (Fsp3) is 0.800. The predicted molar refractivity (Wildman–Crippen MR) is 77.4 cm³/mol. The second-order valence-corrected chi connectivity index (χ2v) is 5.59. The average molecular weight is 282 g/mol. The number of carbonyl (C=O) groups excluding carboxylic acids is 1. The number of aliphatic hydroxyl groups is 1. The van der Waals surface area contributed by atoms with Crippen LogP contribution in [0.1, 0.15) is 26.2 Å². The molecule has 2 N–H and O–H groups in total. The molecule has 0 aliphatic carbocycles. The van der Waals surface area contributed by atoms with Crippen LogP contribution in [-0.4, -0.2) is 61.4 Å². The molecule has 0 aromatic rings. The van der Waals surface area contributed by atoms with Crippen LogP contribution in [0.3, 0.4) is 0 Å². The number of rotatable bonds is 4. The third-order valence-electron chi connectivity index (χ3n) is 4.17. The predicted octanol–water partition coefficient (Wildman–Crippen LogP) is 0.542. The summed E-state index contributed by atoms with van der Waals surface area (Å²) in [6, 6.07) is 0. The summed E-state index contributed by atoms with van der Waals surface area (Å²) in [5.74, 6) is 0.0261. The SMILES string of the molecule is CCOC(=O)C1CCN(CC=C2CNCCC2O)CC1. The third kappa shape index (κ3) is 4.30. The van der Waals surface area contributed by atoms with Crippen LogP contribution >= 0.6 is 0 Å². The summed E-state index contributed by atoms with van der Waals surface area (Å²) in [5.41, 5.74) is 1.10. The van der Waals surface area contributed by atoms with Crippen molar-refractivity contribution in [1.82, 2.24) is 10.2 Å². The number of hydrogen-bond donors (Lipinski definition) is 2. The molecule has 2 fully saturated rings. The molecular weight excluding hydrogens is 256 g/mol. The minimum absolute atomic E-state index is 0.0441. The van der Waals surface area contributed by atoms with Crippen molar-refractivity contribution in [3.63, 3.8) is 0 Å². The second-order valence-electron chi connectivity index (χ2n) is 5.59. The maximum absolute atomic E-state index is 11.7. The maximum Gasteiger partial charge on any atom is 0.309 e. The minimum Gasteiger partial charge on any atom is -0.466 e. The zero-order valence-corrected chi connectivity index (χ0v) is 12.3. The van der Waals surface area contributed by atoms with E-state index in [-0.39, 0.29) is 18.0 Å². The van der Waals surface area contributed by atoms with Gasteiger partial charge in [-0.25, -0.2) is 0 Å². The van der Waals surface area contributed by atoms with E-state index in [1.54, 1.807) is 0 Å². The average Bonchev–Trinajstić information content (AvgIpc) is 2.47. The summed E-state index contributed by atoms with van der Waals surface area (Å²) >= 11 is 0. The van der Waals surface area contributed by atoms with Crippen LogP contribution < -0.4 is 5.32 Å². The molecule has 5 nitrogen and oxygen atoms in total. The molecule has 0 bridgehead atoms. The van der Waals surface area contributed by atoms with Gasteiger partial charge in [0, 0.05) is 13.1 Å². The number of nitrogens with one attached hydrogen (secondary N) is 1. The molecule has 2 aliphatic rings. The van der Waals surface area contributed by atoms with Gasteiger partial charge >= 0.3 is 5.97 Å². The number of hydrogen-bond acceptors (Lipinski definition) is 5. The molecule has 2 aliphatic heterocycles. The van der Waals surface area contributed by atoms with Crippen LogP contribution in [0.5, 0.6) is 0 Å². The number of likely N-dealkylation sites (tertiary alicyclic amines) is 1. The summed E-state index contributed by atoms with van der Waals surface area (Å²) < 4.78 is 5.08. The van der Waals surface area contributed by atoms with E-state index in [0.29, 0.717) is 6.61 Å². The first-order chi connectivity index (χ1) is 9.70. The van der Waals surface area contributed by atoms with Crippen molar-refractivity contribution < 1.29 is 14.6 Å². The van der Waals surface area contributed by atoms with Crippen LogP contribution in [-0.2, 0) is 9.53 Å². The van der Waals surface area contributed by atoms with Crippen molar-refractivity contribution in [1.29, 1.82) is 0 Å². The van der Waals surface area contributed by atoms with E-state index in [1.165, 1.54) is 0 Å². The third-order valence-corrected chi connectivity index (χ3v) is 4.17. The lowest BCUT2D eigenvalue weighted by atomic mass is 9.96. The van der Waals surface area contributed by atoms with Crippen LogP contribution in [0.25, 0.3) is 0 Å². The van der Waals surface area contributed by atoms with Gasteiger partial charge in [-0.15, -0.1) is 0 Å². The standard InChI is InChI=1S/C15H26N2O3/c1-2-20-15(19)12-4-8-17(9-5-12)10-6-13-11-16-7-3-14(13)18/h6,12,14,16,18H,2-5,7-11H2,1H3. The molecule has 2 saturated heterocycles. The van der Waals surface area contributed by atoms with Gasteiger partial charge in [-0.1, -0.05) is 6.08 Å². The van der Waals surface area contributed by atoms with Crippen molar-refractivity contribution in [2.24, 2.45) is 5.92 Å². The van der Waals surface area contributed by atoms with E-state index in [4.69, 9.17) is 4.74 Å². The van der Waals surface area contributed by atoms with Gasteiger partial charge in [0.2, 0.25) is 0 Å². The topological polar surface area (TPSA) is 61.8 Å². The molecule has 5 heteroatoms. The summed E-state index contributed by atoms with van der Waals surface area (Å²) in [6.45, 7) is 6.72. The number of nitrogens with zero attached hydrogens (tertiary/aromatic N) is 1. The van der Waals surface area contributed by atoms with Crippen LogP contribution in [0, 0.1) is 5.92 Å². The highest BCUT2D eigenvalue weighted by molar-refractivity contribution is 5.72. The lowest BCUT2D eigenvalue weighted by molar-refractivity contribution is -0.149. The molecule has 0 aromatic heterocycles. The summed E-state index contributed by atoms with van der Waals surface area (Å²) in [4.78, 5) is 14.0. The molecular formula is C15H26N2O3. The van der Waals surface area contributed by atoms with Crippen molar-refractivity contribution >= 4 is 5.97 Å². The van der Waals surface area contributed by atoms with E-state index < -0.39 is 0 Å². The zero-order chi connectivity index (χ0) is 14.4. The maximum atomic E-state index is 11.7. The van der Waals surface area contributed by atoms with Gasteiger partial charge in [-0.2, -0.15) is 0 Å². The van der Waals surface area contributed by atoms with E-state index in [0.717, 1.165) is 57.6 Å². The molecule has 0 aromatic carbocycles. The van der Waals surface area contributed by atoms with Crippen LogP contribution in [0.15, 0.2) is 11.6 Å². The van der Waals surface area contributed by atoms with Gasteiger partial charge in [-0.3, -0.25) is 9.69 Å². The number of esters is 1. The fourth-order valence-corrected chi connectivity index (χ4v) is 2.84. The smallest absolute Gasteiger partial charge is 0.309 e. The summed E-state index contributed by atoms with van der Waals surface area (Å²) in [5, 5.41) is 13.2. The Labute approximate surface area is 121 Å². The molecule has 2 rings (SSSR count). The molecule has 20 heavy (non-hydrogen) atoms. The van der Waals surface area contributed by atoms with Gasteiger partial charge in [0.15, 0.2) is 0 Å². The van der Waals surface area contributed by atoms with E-state index in [9.17, 15) is 9.90 Å². The molecule has 0 amide bonds. The van der Waals surface area contributed by atoms with E-state index in [1.807, 2.05) is 6.92 Å². The Balaban J connectivity index is 1.74. The largest absolute Gasteiger partial charge is 0.466 e. The Kier molecular flexibility index (Phi) is 6.01. The van der Waals surface area contributed by atoms with Gasteiger partial charge in [0.1, 0.15) is 0 Å². The first-order valence-electron chi connectivity index (χ1n) is 7.67. The highest BCUT2D eigenvalue weighted by Crippen LogP contribution is 2.19. The van der Waals surface area contributed by atoms with Gasteiger partial charge in [0.05, 0.1) is 18.6 Å². The molecule has 1 unspecified atom stereocenters. The Morgan fingerprint density at radius 2 is 2.20 bits per heavy atom. The highest BCUT2D eigenvalue weighted by atomic mass is 16.5. The first kappa shape index (κ1) is 15.5. The van der Waals surface area contributed by atoms with Crippen molar-refractivity contribution in [3.8, 4) is 0 Å². The van der Waals surface area contributed by atoms with Crippen LogP contribution in [0.2, 0.25) is 0 Å². The normalized spacial score (nSPS) is 27.7. The summed E-state index contributed by atoms with van der Waals surface area (Å²) in [7, 11) is 0. The Bertz CT molecular complexity index is 349. The lowest BCUT2D eigenvalue weighted by Crippen LogP contribution is -2.38. The number of ether oxygens (including phenoxy) is 1. The summed E-state index contributed by atoms with van der Waals surface area (Å²) in [6.07, 6.45) is 4.41. The molecule has 2 heterocycles. The van der Waals surface area contributed by atoms with Crippen molar-refractivity contribution in [3.05, 3.63) is 11.6 Å². The molecule has 0 spiro atoms. The quantitative estimate of drug-likeness (QED) is 0.582. The number of carbonyl (C=O) groups is 1. The number of aliphatic hydroxyl groups excluding tert-OH is 1. The van der Waals surface area contributed by atoms with Gasteiger partial charge in [0.25, 0.3) is 0 Å². The Hall–Kier alpha value is -0.910. The second kappa shape index (κ2) is 7.76. The number of piperidine rings is 2. The van der Waals surface area contributed by atoms with E-state index >= 15 is 0 Å². The molecule has 114 valence electrons. The molecule has 1 atom stereocenters. The Morgan fingerprint density at radius 3 is 2.85 bits per heavy atom. The van der Waals surface area contributed by atoms with Gasteiger partial charge in [-0.05, 0) is 51.4 Å². The monoisotopic (exact) mass is 282 g/mol. The highest BCUT2D eigenvalue weighted by Gasteiger charge is 2.25. The molecule has 0 radical (unpaired) electrons. The fourth-order valence-electron chi connectivity index (χ4n) is 2.84.